The van der Waals surface area contributed by atoms with Gasteiger partial charge in [-0.15, -0.1) is 10.2 Å². The molecule has 0 aliphatic heterocycles. The van der Waals surface area contributed by atoms with Gasteiger partial charge in [-0.25, -0.2) is 9.47 Å². The molecule has 0 saturated heterocycles. The Morgan fingerprint density at radius 2 is 2.12 bits per heavy atom. The highest BCUT2D eigenvalue weighted by Crippen LogP contribution is 2.16. The number of benzene rings is 1. The molecule has 0 bridgehead atoms. The number of thioether (sulfide) groups is 1. The fraction of sp³-hybridized carbons (Fsp3) is 0.412. The number of anilines is 1. The highest BCUT2D eigenvalue weighted by atomic mass is 32.2. The van der Waals surface area contributed by atoms with E-state index in [1.807, 2.05) is 13.8 Å². The van der Waals surface area contributed by atoms with E-state index in [9.17, 15) is 9.59 Å². The lowest BCUT2D eigenvalue weighted by molar-refractivity contribution is -0.113. The zero-order valence-electron chi connectivity index (χ0n) is 14.9. The molecule has 26 heavy (non-hydrogen) atoms. The lowest BCUT2D eigenvalue weighted by Crippen LogP contribution is -2.17. The zero-order valence-corrected chi connectivity index (χ0v) is 15.7. The van der Waals surface area contributed by atoms with Crippen molar-refractivity contribution in [2.24, 2.45) is 0 Å². The number of nitrogen functional groups attached to an aromatic ring is 1. The summed E-state index contributed by atoms with van der Waals surface area (Å²) >= 11 is 1.20. The predicted octanol–water partition coefficient (Wildman–Crippen LogP) is 2.24. The summed E-state index contributed by atoms with van der Waals surface area (Å²) < 4.78 is 6.55. The van der Waals surface area contributed by atoms with Crippen LogP contribution in [0.4, 0.5) is 5.69 Å². The maximum Gasteiger partial charge on any atom is 0.338 e. The topological polar surface area (TPSA) is 112 Å². The molecule has 9 heteroatoms. The third kappa shape index (κ3) is 5.48. The minimum Gasteiger partial charge on any atom is -0.462 e. The molecule has 1 aromatic carbocycles. The molecule has 0 aliphatic carbocycles. The van der Waals surface area contributed by atoms with Crippen molar-refractivity contribution in [2.75, 3.05) is 23.5 Å². The van der Waals surface area contributed by atoms with Gasteiger partial charge in [-0.1, -0.05) is 38.1 Å². The number of ether oxygens (including phenoxy) is 1. The molecule has 0 fully saturated rings. The van der Waals surface area contributed by atoms with Crippen LogP contribution in [-0.2, 0) is 16.0 Å². The molecule has 1 amide bonds. The molecular formula is C17H23N5O3S. The van der Waals surface area contributed by atoms with E-state index in [-0.39, 0.29) is 11.7 Å². The Kier molecular flexibility index (Phi) is 7.46. The van der Waals surface area contributed by atoms with Crippen LogP contribution in [0.1, 0.15) is 42.9 Å². The van der Waals surface area contributed by atoms with Gasteiger partial charge in [-0.3, -0.25) is 4.79 Å². The van der Waals surface area contributed by atoms with E-state index in [4.69, 9.17) is 10.6 Å². The van der Waals surface area contributed by atoms with Crippen LogP contribution in [0.25, 0.3) is 0 Å². The van der Waals surface area contributed by atoms with Crippen LogP contribution < -0.4 is 11.2 Å². The minimum atomic E-state index is -0.396. The summed E-state index contributed by atoms with van der Waals surface area (Å²) in [4.78, 5) is 24.1. The Bertz CT molecular complexity index is 763. The van der Waals surface area contributed by atoms with E-state index in [2.05, 4.69) is 15.5 Å². The highest BCUT2D eigenvalue weighted by molar-refractivity contribution is 7.99. The van der Waals surface area contributed by atoms with Gasteiger partial charge in [-0.2, -0.15) is 0 Å². The lowest BCUT2D eigenvalue weighted by atomic mass is 10.2. The number of rotatable bonds is 9. The molecule has 2 aromatic rings. The molecular weight excluding hydrogens is 354 g/mol. The van der Waals surface area contributed by atoms with Crippen LogP contribution in [0.15, 0.2) is 29.4 Å². The summed E-state index contributed by atoms with van der Waals surface area (Å²) in [5.74, 6) is 6.00. The van der Waals surface area contributed by atoms with Crippen molar-refractivity contribution in [3.05, 3.63) is 35.7 Å². The first kappa shape index (κ1) is 19.8. The van der Waals surface area contributed by atoms with Gasteiger partial charge in [0.15, 0.2) is 5.82 Å². The second-order valence-corrected chi connectivity index (χ2v) is 6.47. The van der Waals surface area contributed by atoms with Gasteiger partial charge >= 0.3 is 5.97 Å². The quantitative estimate of drug-likeness (QED) is 0.298. The number of unbranched alkanes of at least 4 members (excludes halogenated alkanes) is 1. The number of aromatic nitrogens is 3. The van der Waals surface area contributed by atoms with Crippen LogP contribution >= 0.6 is 11.8 Å². The van der Waals surface area contributed by atoms with Crippen LogP contribution in [0.2, 0.25) is 0 Å². The minimum absolute atomic E-state index is 0.129. The third-order valence-corrected chi connectivity index (χ3v) is 4.44. The number of nitrogens with one attached hydrogen (secondary N) is 1. The Balaban J connectivity index is 1.89. The van der Waals surface area contributed by atoms with E-state index in [0.29, 0.717) is 35.3 Å². The van der Waals surface area contributed by atoms with Gasteiger partial charge < -0.3 is 15.9 Å². The standard InChI is InChI=1S/C17H23N5O3S/c1-3-5-9-25-16(24)12-7-6-8-13(10-12)19-15(23)11-26-17-21-20-14(4-2)22(17)18/h6-8,10H,3-5,9,11,18H2,1-2H3,(H,19,23). The van der Waals surface area contributed by atoms with Gasteiger partial charge in [0.25, 0.3) is 0 Å². The molecule has 0 unspecified atom stereocenters. The van der Waals surface area contributed by atoms with Gasteiger partial charge in [0.05, 0.1) is 17.9 Å². The second-order valence-electron chi connectivity index (χ2n) is 5.53. The van der Waals surface area contributed by atoms with Gasteiger partial charge in [0, 0.05) is 12.1 Å². The van der Waals surface area contributed by atoms with E-state index in [1.54, 1.807) is 24.3 Å². The fourth-order valence-electron chi connectivity index (χ4n) is 2.09. The average Bonchev–Trinajstić information content (AvgIpc) is 3.00. The number of amides is 1. The summed E-state index contributed by atoms with van der Waals surface area (Å²) in [6.45, 7) is 4.34. The molecule has 0 spiro atoms. The van der Waals surface area contributed by atoms with E-state index >= 15 is 0 Å². The summed E-state index contributed by atoms with van der Waals surface area (Å²) in [6.07, 6.45) is 2.44. The molecule has 1 aromatic heterocycles. The monoisotopic (exact) mass is 377 g/mol. The van der Waals surface area contributed by atoms with Crippen LogP contribution in [-0.4, -0.2) is 39.1 Å². The van der Waals surface area contributed by atoms with Crippen molar-refractivity contribution >= 4 is 29.3 Å². The number of carbonyl (C=O) groups is 2. The van der Waals surface area contributed by atoms with E-state index in [1.165, 1.54) is 16.4 Å². The summed E-state index contributed by atoms with van der Waals surface area (Å²) in [6, 6.07) is 6.66. The third-order valence-electron chi connectivity index (χ3n) is 3.50. The largest absolute Gasteiger partial charge is 0.462 e. The Labute approximate surface area is 156 Å². The number of nitrogens with two attached hydrogens (primary N) is 1. The van der Waals surface area contributed by atoms with Gasteiger partial charge in [0.1, 0.15) is 0 Å². The molecule has 8 nitrogen and oxygen atoms in total. The highest BCUT2D eigenvalue weighted by Gasteiger charge is 2.12. The van der Waals surface area contributed by atoms with E-state index in [0.717, 1.165) is 12.8 Å². The zero-order chi connectivity index (χ0) is 18.9. The van der Waals surface area contributed by atoms with Crippen LogP contribution in [0.5, 0.6) is 0 Å². The molecule has 3 N–H and O–H groups in total. The van der Waals surface area contributed by atoms with Crippen molar-refractivity contribution in [3.8, 4) is 0 Å². The normalized spacial score (nSPS) is 10.5. The lowest BCUT2D eigenvalue weighted by Gasteiger charge is -2.08. The van der Waals surface area contributed by atoms with Crippen molar-refractivity contribution in [2.45, 2.75) is 38.3 Å². The second kappa shape index (κ2) is 9.81. The van der Waals surface area contributed by atoms with Crippen molar-refractivity contribution < 1.29 is 14.3 Å². The maximum absolute atomic E-state index is 12.1. The van der Waals surface area contributed by atoms with Crippen molar-refractivity contribution in [3.63, 3.8) is 0 Å². The number of hydrogen-bond acceptors (Lipinski definition) is 7. The van der Waals surface area contributed by atoms with Crippen molar-refractivity contribution in [1.29, 1.82) is 0 Å². The molecule has 140 valence electrons. The van der Waals surface area contributed by atoms with Crippen LogP contribution in [0.3, 0.4) is 0 Å². The Morgan fingerprint density at radius 3 is 2.81 bits per heavy atom. The Morgan fingerprint density at radius 1 is 1.31 bits per heavy atom. The summed E-state index contributed by atoms with van der Waals surface area (Å²) in [5.41, 5.74) is 0.935. The fourth-order valence-corrected chi connectivity index (χ4v) is 2.77. The van der Waals surface area contributed by atoms with E-state index < -0.39 is 5.97 Å². The maximum atomic E-state index is 12.1. The summed E-state index contributed by atoms with van der Waals surface area (Å²) in [5, 5.41) is 11.1. The molecule has 0 atom stereocenters. The molecule has 2 rings (SSSR count). The number of esters is 1. The van der Waals surface area contributed by atoms with Gasteiger partial charge in [0.2, 0.25) is 11.1 Å². The van der Waals surface area contributed by atoms with Crippen LogP contribution in [0, 0.1) is 0 Å². The number of aryl methyl sites for hydroxylation is 1. The number of hydrogen-bond donors (Lipinski definition) is 2. The molecule has 0 aliphatic rings. The average molecular weight is 377 g/mol. The molecule has 1 heterocycles. The Hall–Kier alpha value is -2.55. The van der Waals surface area contributed by atoms with Gasteiger partial charge in [-0.05, 0) is 24.6 Å². The SMILES string of the molecule is CCCCOC(=O)c1cccc(NC(=O)CSc2nnc(CC)n2N)c1. The van der Waals surface area contributed by atoms with Crippen molar-refractivity contribution in [1.82, 2.24) is 14.9 Å². The molecule has 0 saturated carbocycles. The smallest absolute Gasteiger partial charge is 0.338 e. The number of nitrogens with zero attached hydrogens (tertiary/aromatic N) is 3. The first-order valence-electron chi connectivity index (χ1n) is 8.44. The summed E-state index contributed by atoms with van der Waals surface area (Å²) in [7, 11) is 0. The predicted molar refractivity (Wildman–Crippen MR) is 101 cm³/mol. The number of carbonyl (C=O) groups excluding carboxylic acids is 2. The first-order valence-corrected chi connectivity index (χ1v) is 9.42. The molecule has 0 radical (unpaired) electrons. The first-order chi connectivity index (χ1) is 12.5.